The molecule has 6 heteroatoms. The summed E-state index contributed by atoms with van der Waals surface area (Å²) in [6, 6.07) is 9.70. The number of carbonyl (C=O) groups excluding carboxylic acids is 2. The molecule has 0 spiro atoms. The zero-order valence-electron chi connectivity index (χ0n) is 12.6. The van der Waals surface area contributed by atoms with E-state index in [1.807, 2.05) is 0 Å². The molecule has 120 valence electrons. The van der Waals surface area contributed by atoms with Crippen molar-refractivity contribution in [3.05, 3.63) is 57.6 Å². The van der Waals surface area contributed by atoms with Gasteiger partial charge in [0.25, 0.3) is 0 Å². The Bertz CT molecular complexity index is 736. The summed E-state index contributed by atoms with van der Waals surface area (Å²) < 4.78 is 10.4. The Morgan fingerprint density at radius 1 is 1.09 bits per heavy atom. The van der Waals surface area contributed by atoms with Crippen LogP contribution in [0.15, 0.2) is 36.4 Å². The van der Waals surface area contributed by atoms with E-state index in [0.29, 0.717) is 16.9 Å². The van der Waals surface area contributed by atoms with Crippen LogP contribution in [0.2, 0.25) is 10.0 Å². The van der Waals surface area contributed by atoms with E-state index in [-0.39, 0.29) is 28.0 Å². The van der Waals surface area contributed by atoms with E-state index >= 15 is 0 Å². The summed E-state index contributed by atoms with van der Waals surface area (Å²) in [5, 5.41) is 0.491. The quantitative estimate of drug-likeness (QED) is 0.456. The first kappa shape index (κ1) is 17.3. The molecular formula is C17H14Cl2O4. The van der Waals surface area contributed by atoms with Gasteiger partial charge in [0.1, 0.15) is 5.75 Å². The minimum absolute atomic E-state index is 0.0775. The molecule has 0 N–H and O–H groups in total. The van der Waals surface area contributed by atoms with Crippen molar-refractivity contribution < 1.29 is 19.1 Å². The number of halogens is 2. The molecule has 4 nitrogen and oxygen atoms in total. The van der Waals surface area contributed by atoms with Gasteiger partial charge in [-0.05, 0) is 37.3 Å². The van der Waals surface area contributed by atoms with Gasteiger partial charge in [0.2, 0.25) is 0 Å². The Morgan fingerprint density at radius 3 is 2.30 bits per heavy atom. The predicted octanol–water partition coefficient (Wildman–Crippen LogP) is 4.35. The van der Waals surface area contributed by atoms with Crippen LogP contribution in [0.5, 0.6) is 11.5 Å². The number of hydrogen-bond acceptors (Lipinski definition) is 4. The Morgan fingerprint density at radius 2 is 1.74 bits per heavy atom. The molecule has 0 atom stereocenters. The second-order valence-electron chi connectivity index (χ2n) is 4.78. The lowest BCUT2D eigenvalue weighted by atomic mass is 10.0. The Balaban J connectivity index is 2.23. The van der Waals surface area contributed by atoms with E-state index in [0.717, 1.165) is 0 Å². The van der Waals surface area contributed by atoms with E-state index < -0.39 is 5.97 Å². The molecule has 23 heavy (non-hydrogen) atoms. The van der Waals surface area contributed by atoms with Crippen LogP contribution in [0, 0.1) is 0 Å². The van der Waals surface area contributed by atoms with E-state index in [4.69, 9.17) is 32.7 Å². The van der Waals surface area contributed by atoms with E-state index in [2.05, 4.69) is 0 Å². The van der Waals surface area contributed by atoms with Crippen molar-refractivity contribution in [2.45, 2.75) is 13.3 Å². The van der Waals surface area contributed by atoms with Crippen molar-refractivity contribution in [2.24, 2.45) is 0 Å². The third-order valence-corrected chi connectivity index (χ3v) is 3.75. The molecule has 0 bridgehead atoms. The third kappa shape index (κ3) is 4.24. The Labute approximate surface area is 143 Å². The van der Waals surface area contributed by atoms with Gasteiger partial charge in [-0.15, -0.1) is 0 Å². The summed E-state index contributed by atoms with van der Waals surface area (Å²) in [5.41, 5.74) is 1.04. The van der Waals surface area contributed by atoms with E-state index in [1.54, 1.807) is 36.4 Å². The maximum Gasteiger partial charge on any atom is 0.315 e. The molecule has 0 unspecified atom stereocenters. The van der Waals surface area contributed by atoms with Gasteiger partial charge in [-0.1, -0.05) is 29.3 Å². The lowest BCUT2D eigenvalue weighted by Gasteiger charge is -2.11. The molecule has 0 saturated heterocycles. The largest absolute Gasteiger partial charge is 0.496 e. The number of carbonyl (C=O) groups is 2. The Kier molecular flexibility index (Phi) is 5.64. The van der Waals surface area contributed by atoms with Crippen LogP contribution in [-0.2, 0) is 11.2 Å². The molecule has 0 amide bonds. The second-order valence-corrected chi connectivity index (χ2v) is 5.60. The highest BCUT2D eigenvalue weighted by Crippen LogP contribution is 2.33. The normalized spacial score (nSPS) is 10.3. The van der Waals surface area contributed by atoms with Gasteiger partial charge in [-0.25, -0.2) is 0 Å². The summed E-state index contributed by atoms with van der Waals surface area (Å²) in [4.78, 5) is 23.6. The van der Waals surface area contributed by atoms with Crippen LogP contribution in [0.1, 0.15) is 22.8 Å². The number of ketones is 1. The third-order valence-electron chi connectivity index (χ3n) is 3.16. The summed E-state index contributed by atoms with van der Waals surface area (Å²) >= 11 is 11.9. The van der Waals surface area contributed by atoms with Crippen LogP contribution in [0.4, 0.5) is 0 Å². The number of ether oxygens (including phenoxy) is 2. The number of hydrogen-bond donors (Lipinski definition) is 0. The first-order chi connectivity index (χ1) is 10.9. The highest BCUT2D eigenvalue weighted by Gasteiger charge is 2.16. The maximum atomic E-state index is 12.2. The molecule has 0 aromatic heterocycles. The molecule has 0 radical (unpaired) electrons. The minimum atomic E-state index is -0.556. The average Bonchev–Trinajstić information content (AvgIpc) is 2.51. The van der Waals surface area contributed by atoms with Crippen molar-refractivity contribution in [2.75, 3.05) is 7.11 Å². The van der Waals surface area contributed by atoms with Gasteiger partial charge in [-0.2, -0.15) is 0 Å². The number of para-hydroxylation sites is 1. The van der Waals surface area contributed by atoms with E-state index in [9.17, 15) is 9.59 Å². The smallest absolute Gasteiger partial charge is 0.315 e. The number of benzene rings is 2. The maximum absolute atomic E-state index is 12.2. The minimum Gasteiger partial charge on any atom is -0.496 e. The van der Waals surface area contributed by atoms with Crippen LogP contribution >= 0.6 is 23.2 Å². The first-order valence-electron chi connectivity index (χ1n) is 6.75. The van der Waals surface area contributed by atoms with Crippen molar-refractivity contribution in [1.29, 1.82) is 0 Å². The highest BCUT2D eigenvalue weighted by atomic mass is 35.5. The van der Waals surface area contributed by atoms with Gasteiger partial charge < -0.3 is 9.47 Å². The van der Waals surface area contributed by atoms with Gasteiger partial charge >= 0.3 is 5.97 Å². The zero-order chi connectivity index (χ0) is 17.0. The average molecular weight is 353 g/mol. The summed E-state index contributed by atoms with van der Waals surface area (Å²) in [7, 11) is 1.49. The van der Waals surface area contributed by atoms with Crippen molar-refractivity contribution in [3.63, 3.8) is 0 Å². The number of rotatable bonds is 5. The fourth-order valence-electron chi connectivity index (χ4n) is 2.02. The lowest BCUT2D eigenvalue weighted by Crippen LogP contribution is -2.13. The van der Waals surface area contributed by atoms with Crippen LogP contribution in [0.3, 0.4) is 0 Å². The summed E-state index contributed by atoms with van der Waals surface area (Å²) in [6.45, 7) is 1.45. The van der Waals surface area contributed by atoms with Crippen LogP contribution < -0.4 is 9.47 Å². The van der Waals surface area contributed by atoms with Gasteiger partial charge in [0.05, 0.1) is 23.6 Å². The van der Waals surface area contributed by atoms with Gasteiger partial charge in [-0.3, -0.25) is 9.59 Å². The molecule has 0 heterocycles. The topological polar surface area (TPSA) is 52.6 Å². The number of methoxy groups -OCH3 is 1. The van der Waals surface area contributed by atoms with E-state index in [1.165, 1.54) is 14.0 Å². The molecule has 2 rings (SSSR count). The van der Waals surface area contributed by atoms with Gasteiger partial charge in [0, 0.05) is 11.1 Å². The molecule has 0 aliphatic rings. The SMILES string of the molecule is COc1ccc(C(C)=O)cc1CC(=O)Oc1c(Cl)cccc1Cl. The summed E-state index contributed by atoms with van der Waals surface area (Å²) in [6.07, 6.45) is -0.0775. The Hall–Kier alpha value is -2.04. The molecule has 2 aromatic carbocycles. The summed E-state index contributed by atoms with van der Waals surface area (Å²) in [5.74, 6) is -0.0462. The lowest BCUT2D eigenvalue weighted by molar-refractivity contribution is -0.133. The number of Topliss-reactive ketones (excluding diaryl/α,β-unsaturated/α-hetero) is 1. The number of esters is 1. The fourth-order valence-corrected chi connectivity index (χ4v) is 2.50. The first-order valence-corrected chi connectivity index (χ1v) is 7.50. The molecule has 2 aromatic rings. The van der Waals surface area contributed by atoms with Crippen LogP contribution in [-0.4, -0.2) is 18.9 Å². The second kappa shape index (κ2) is 7.49. The fraction of sp³-hybridized carbons (Fsp3) is 0.176. The zero-order valence-corrected chi connectivity index (χ0v) is 14.1. The molecular weight excluding hydrogens is 339 g/mol. The molecule has 0 aliphatic carbocycles. The van der Waals surface area contributed by atoms with Crippen molar-refractivity contribution >= 4 is 35.0 Å². The standard InChI is InChI=1S/C17H14Cl2O4/c1-10(20)11-6-7-15(22-2)12(8-11)9-16(21)23-17-13(18)4-3-5-14(17)19/h3-8H,9H2,1-2H3. The van der Waals surface area contributed by atoms with Crippen molar-refractivity contribution in [3.8, 4) is 11.5 Å². The predicted molar refractivity (Wildman–Crippen MR) is 88.8 cm³/mol. The highest BCUT2D eigenvalue weighted by molar-refractivity contribution is 6.37. The molecule has 0 aliphatic heterocycles. The monoisotopic (exact) mass is 352 g/mol. The van der Waals surface area contributed by atoms with Crippen molar-refractivity contribution in [1.82, 2.24) is 0 Å². The molecule has 0 fully saturated rings. The molecule has 0 saturated carbocycles. The van der Waals surface area contributed by atoms with Crippen LogP contribution in [0.25, 0.3) is 0 Å². The van der Waals surface area contributed by atoms with Gasteiger partial charge in [0.15, 0.2) is 11.5 Å².